The number of nitrogens with one attached hydrogen (secondary N) is 2. The summed E-state index contributed by atoms with van der Waals surface area (Å²) in [5.74, 6) is -0.393. The molecule has 0 spiro atoms. The van der Waals surface area contributed by atoms with Crippen LogP contribution in [0.5, 0.6) is 0 Å². The summed E-state index contributed by atoms with van der Waals surface area (Å²) < 4.78 is 1.84. The van der Waals surface area contributed by atoms with E-state index in [2.05, 4.69) is 20.9 Å². The van der Waals surface area contributed by atoms with Gasteiger partial charge in [0, 0.05) is 5.69 Å². The fourth-order valence-corrected chi connectivity index (χ4v) is 3.85. The van der Waals surface area contributed by atoms with Gasteiger partial charge in [0.15, 0.2) is 5.69 Å². The molecule has 1 atom stereocenters. The number of carbonyl (C=O) groups is 2. The predicted molar refractivity (Wildman–Crippen MR) is 96.7 cm³/mol. The van der Waals surface area contributed by atoms with Crippen molar-refractivity contribution in [2.45, 2.75) is 57.0 Å². The molecule has 2 N–H and O–H groups in total. The molecule has 0 radical (unpaired) electrons. The first kappa shape index (κ1) is 16.8. The zero-order chi connectivity index (χ0) is 17.9. The number of anilines is 1. The lowest BCUT2D eigenvalue weighted by atomic mass is 9.97. The van der Waals surface area contributed by atoms with Gasteiger partial charge in [0.1, 0.15) is 0 Å². The van der Waals surface area contributed by atoms with Crippen LogP contribution in [0.2, 0.25) is 0 Å². The van der Waals surface area contributed by atoms with Gasteiger partial charge >= 0.3 is 0 Å². The van der Waals surface area contributed by atoms with E-state index < -0.39 is 0 Å². The standard InChI is InChI=1S/C19H23N5O2/c25-18-11-16(14-9-5-6-10-15(14)20-18)21-19(26)17-12-24(23-22-17)13-7-3-1-2-4-8-13/h5-6,9-10,12-13,16H,1-4,7-8,11H2,(H,20,25)(H,21,26). The number of fused-ring (bicyclic) bond motifs is 1. The summed E-state index contributed by atoms with van der Waals surface area (Å²) >= 11 is 0. The Morgan fingerprint density at radius 3 is 2.73 bits per heavy atom. The second-order valence-electron chi connectivity index (χ2n) is 7.09. The normalized spacial score (nSPS) is 20.8. The maximum Gasteiger partial charge on any atom is 0.273 e. The molecule has 1 aromatic heterocycles. The summed E-state index contributed by atoms with van der Waals surface area (Å²) in [5, 5.41) is 14.0. The minimum atomic E-state index is -0.351. The van der Waals surface area contributed by atoms with Gasteiger partial charge in [-0.25, -0.2) is 4.68 Å². The summed E-state index contributed by atoms with van der Waals surface area (Å²) in [4.78, 5) is 24.5. The maximum atomic E-state index is 12.6. The van der Waals surface area contributed by atoms with Gasteiger partial charge in [-0.15, -0.1) is 5.10 Å². The zero-order valence-electron chi connectivity index (χ0n) is 14.6. The third-order valence-corrected chi connectivity index (χ3v) is 5.25. The Labute approximate surface area is 152 Å². The molecule has 7 heteroatoms. The van der Waals surface area contributed by atoms with Crippen LogP contribution in [0.4, 0.5) is 5.69 Å². The molecule has 1 aliphatic heterocycles. The van der Waals surface area contributed by atoms with Crippen LogP contribution in [0.3, 0.4) is 0 Å². The number of carbonyl (C=O) groups excluding carboxylic acids is 2. The Morgan fingerprint density at radius 2 is 1.92 bits per heavy atom. The summed E-state index contributed by atoms with van der Waals surface area (Å²) in [6.07, 6.45) is 9.05. The summed E-state index contributed by atoms with van der Waals surface area (Å²) in [7, 11) is 0. The molecule has 0 saturated heterocycles. The van der Waals surface area contributed by atoms with Crippen molar-refractivity contribution < 1.29 is 9.59 Å². The van der Waals surface area contributed by atoms with Crippen LogP contribution >= 0.6 is 0 Å². The quantitative estimate of drug-likeness (QED) is 0.830. The zero-order valence-corrected chi connectivity index (χ0v) is 14.6. The molecule has 2 heterocycles. The first-order valence-corrected chi connectivity index (χ1v) is 9.32. The van der Waals surface area contributed by atoms with E-state index in [1.165, 1.54) is 25.7 Å². The fourth-order valence-electron chi connectivity index (χ4n) is 3.85. The molecule has 2 aromatic rings. The monoisotopic (exact) mass is 353 g/mol. The number of para-hydroxylation sites is 1. The Kier molecular flexibility index (Phi) is 4.69. The van der Waals surface area contributed by atoms with Gasteiger partial charge in [-0.3, -0.25) is 9.59 Å². The molecule has 2 aliphatic rings. The van der Waals surface area contributed by atoms with Crippen molar-refractivity contribution >= 4 is 17.5 Å². The van der Waals surface area contributed by atoms with Gasteiger partial charge in [-0.05, 0) is 24.5 Å². The van der Waals surface area contributed by atoms with E-state index in [0.717, 1.165) is 24.1 Å². The maximum absolute atomic E-state index is 12.6. The average molecular weight is 353 g/mol. The molecule has 1 unspecified atom stereocenters. The number of amides is 2. The summed E-state index contributed by atoms with van der Waals surface area (Å²) in [6.45, 7) is 0. The van der Waals surface area contributed by atoms with Crippen LogP contribution in [0, 0.1) is 0 Å². The third-order valence-electron chi connectivity index (χ3n) is 5.25. The van der Waals surface area contributed by atoms with Gasteiger partial charge in [0.25, 0.3) is 5.91 Å². The molecular weight excluding hydrogens is 330 g/mol. The molecule has 4 rings (SSSR count). The van der Waals surface area contributed by atoms with E-state index in [9.17, 15) is 9.59 Å². The molecular formula is C19H23N5O2. The van der Waals surface area contributed by atoms with Crippen LogP contribution in [-0.2, 0) is 4.79 Å². The van der Waals surface area contributed by atoms with Gasteiger partial charge in [-0.2, -0.15) is 0 Å². The van der Waals surface area contributed by atoms with Gasteiger partial charge in [0.2, 0.25) is 5.91 Å². The minimum Gasteiger partial charge on any atom is -0.343 e. The average Bonchev–Trinajstić information content (AvgIpc) is 2.97. The van der Waals surface area contributed by atoms with Crippen molar-refractivity contribution in [1.82, 2.24) is 20.3 Å². The van der Waals surface area contributed by atoms with E-state index in [0.29, 0.717) is 11.7 Å². The van der Waals surface area contributed by atoms with Crippen molar-refractivity contribution in [1.29, 1.82) is 0 Å². The minimum absolute atomic E-state index is 0.101. The van der Waals surface area contributed by atoms with E-state index >= 15 is 0 Å². The Hall–Kier alpha value is -2.70. The second-order valence-corrected chi connectivity index (χ2v) is 7.09. The first-order chi connectivity index (χ1) is 12.7. The summed E-state index contributed by atoms with van der Waals surface area (Å²) in [5.41, 5.74) is 1.96. The number of hydrogen-bond acceptors (Lipinski definition) is 4. The van der Waals surface area contributed by atoms with E-state index in [1.807, 2.05) is 28.9 Å². The van der Waals surface area contributed by atoms with Crippen molar-refractivity contribution in [3.63, 3.8) is 0 Å². The highest BCUT2D eigenvalue weighted by Crippen LogP contribution is 2.30. The molecule has 0 bridgehead atoms. The molecule has 1 aromatic carbocycles. The van der Waals surface area contributed by atoms with Crippen LogP contribution in [-0.4, -0.2) is 26.8 Å². The van der Waals surface area contributed by atoms with Gasteiger partial charge in [0.05, 0.1) is 24.7 Å². The number of nitrogens with zero attached hydrogens (tertiary/aromatic N) is 3. The summed E-state index contributed by atoms with van der Waals surface area (Å²) in [6, 6.07) is 7.50. The van der Waals surface area contributed by atoms with Crippen LogP contribution < -0.4 is 10.6 Å². The Balaban J connectivity index is 1.48. The molecule has 136 valence electrons. The van der Waals surface area contributed by atoms with Crippen molar-refractivity contribution in [3.8, 4) is 0 Å². The molecule has 1 saturated carbocycles. The third kappa shape index (κ3) is 3.47. The van der Waals surface area contributed by atoms with Crippen molar-refractivity contribution in [2.24, 2.45) is 0 Å². The van der Waals surface area contributed by atoms with Crippen LogP contribution in [0.15, 0.2) is 30.5 Å². The van der Waals surface area contributed by atoms with Crippen LogP contribution in [0.25, 0.3) is 0 Å². The Morgan fingerprint density at radius 1 is 1.15 bits per heavy atom. The fraction of sp³-hybridized carbons (Fsp3) is 0.474. The number of rotatable bonds is 3. The SMILES string of the molecule is O=C1CC(NC(=O)c2cn(C3CCCCCC3)nn2)c2ccccc2N1. The van der Waals surface area contributed by atoms with Crippen LogP contribution in [0.1, 0.15) is 73.1 Å². The molecule has 2 amide bonds. The lowest BCUT2D eigenvalue weighted by Gasteiger charge is -2.25. The van der Waals surface area contributed by atoms with Gasteiger partial charge in [-0.1, -0.05) is 49.1 Å². The Bertz CT molecular complexity index is 808. The molecule has 1 fully saturated rings. The van der Waals surface area contributed by atoms with E-state index in [4.69, 9.17) is 0 Å². The van der Waals surface area contributed by atoms with Crippen molar-refractivity contribution in [2.75, 3.05) is 5.32 Å². The lowest BCUT2D eigenvalue weighted by Crippen LogP contribution is -2.35. The highest BCUT2D eigenvalue weighted by Gasteiger charge is 2.27. The van der Waals surface area contributed by atoms with Crippen molar-refractivity contribution in [3.05, 3.63) is 41.7 Å². The van der Waals surface area contributed by atoms with Gasteiger partial charge < -0.3 is 10.6 Å². The second kappa shape index (κ2) is 7.27. The highest BCUT2D eigenvalue weighted by molar-refractivity contribution is 5.97. The number of aromatic nitrogens is 3. The number of hydrogen-bond donors (Lipinski definition) is 2. The van der Waals surface area contributed by atoms with E-state index in [-0.39, 0.29) is 24.3 Å². The topological polar surface area (TPSA) is 88.9 Å². The van der Waals surface area contributed by atoms with E-state index in [1.54, 1.807) is 6.20 Å². The predicted octanol–water partition coefficient (Wildman–Crippen LogP) is 2.99. The smallest absolute Gasteiger partial charge is 0.273 e. The molecule has 26 heavy (non-hydrogen) atoms. The lowest BCUT2D eigenvalue weighted by molar-refractivity contribution is -0.116. The number of benzene rings is 1. The molecule has 7 nitrogen and oxygen atoms in total. The largest absolute Gasteiger partial charge is 0.343 e. The first-order valence-electron chi connectivity index (χ1n) is 9.32. The highest BCUT2D eigenvalue weighted by atomic mass is 16.2. The molecule has 1 aliphatic carbocycles.